The van der Waals surface area contributed by atoms with Crippen LogP contribution >= 0.6 is 23.2 Å². The van der Waals surface area contributed by atoms with Crippen molar-refractivity contribution in [1.82, 2.24) is 15.1 Å². The Bertz CT molecular complexity index is 635. The van der Waals surface area contributed by atoms with Gasteiger partial charge in [0.2, 0.25) is 0 Å². The summed E-state index contributed by atoms with van der Waals surface area (Å²) in [6.07, 6.45) is 0. The van der Waals surface area contributed by atoms with E-state index in [9.17, 15) is 0 Å². The van der Waals surface area contributed by atoms with Crippen molar-refractivity contribution in [3.63, 3.8) is 0 Å². The second-order valence-electron chi connectivity index (χ2n) is 5.30. The molecule has 1 aromatic heterocycles. The first-order chi connectivity index (χ1) is 9.95. The van der Waals surface area contributed by atoms with Crippen LogP contribution in [0.4, 0.5) is 0 Å². The van der Waals surface area contributed by atoms with Gasteiger partial charge < -0.3 is 5.32 Å². The molecule has 2 aromatic rings. The molecule has 1 heterocycles. The van der Waals surface area contributed by atoms with Crippen LogP contribution in [0.1, 0.15) is 36.7 Å². The molecule has 21 heavy (non-hydrogen) atoms. The maximum Gasteiger partial charge on any atom is 0.0836 e. The Hall–Kier alpha value is -1.03. The van der Waals surface area contributed by atoms with Crippen LogP contribution in [-0.4, -0.2) is 22.9 Å². The molecule has 0 aliphatic carbocycles. The molecule has 0 saturated carbocycles. The second-order valence-corrected chi connectivity index (χ2v) is 6.14. The van der Waals surface area contributed by atoms with Crippen LogP contribution in [0.2, 0.25) is 10.0 Å². The molecule has 114 valence electrons. The van der Waals surface area contributed by atoms with Gasteiger partial charge in [-0.3, -0.25) is 0 Å². The van der Waals surface area contributed by atoms with Gasteiger partial charge in [0, 0.05) is 22.8 Å². The molecule has 5 heteroatoms. The molecular weight excluding hydrogens is 305 g/mol. The zero-order valence-corrected chi connectivity index (χ0v) is 14.4. The highest BCUT2D eigenvalue weighted by atomic mass is 35.5. The number of nitrogens with one attached hydrogen (secondary N) is 1. The van der Waals surface area contributed by atoms with Crippen molar-refractivity contribution in [2.24, 2.45) is 0 Å². The Kier molecular flexibility index (Phi) is 5.31. The average Bonchev–Trinajstić information content (AvgIpc) is 2.71. The second kappa shape index (κ2) is 6.82. The standard InChI is InChI=1S/C16H21Cl2N3/c1-5-19-9-10(2)16-11(3)20-21(12(16)4)15-7-6-13(17)8-14(15)18/h6-8,10,19H,5,9H2,1-4H3. The summed E-state index contributed by atoms with van der Waals surface area (Å²) in [5.74, 6) is 0.407. The number of hydrogen-bond acceptors (Lipinski definition) is 2. The van der Waals surface area contributed by atoms with E-state index in [1.807, 2.05) is 23.7 Å². The highest BCUT2D eigenvalue weighted by Gasteiger charge is 2.19. The van der Waals surface area contributed by atoms with Crippen molar-refractivity contribution in [2.75, 3.05) is 13.1 Å². The summed E-state index contributed by atoms with van der Waals surface area (Å²) in [7, 11) is 0. The molecule has 0 fully saturated rings. The van der Waals surface area contributed by atoms with Crippen LogP contribution in [0.5, 0.6) is 0 Å². The third-order valence-corrected chi connectivity index (χ3v) is 4.22. The number of aryl methyl sites for hydroxylation is 1. The van der Waals surface area contributed by atoms with Crippen molar-refractivity contribution < 1.29 is 0 Å². The normalized spacial score (nSPS) is 12.7. The molecule has 0 radical (unpaired) electrons. The zero-order valence-electron chi connectivity index (χ0n) is 12.9. The first-order valence-electron chi connectivity index (χ1n) is 7.18. The predicted octanol–water partition coefficient (Wildman–Crippen LogP) is 4.51. The number of likely N-dealkylation sites (N-methyl/N-ethyl adjacent to an activating group) is 1. The first-order valence-corrected chi connectivity index (χ1v) is 7.93. The van der Waals surface area contributed by atoms with Crippen molar-refractivity contribution in [1.29, 1.82) is 0 Å². The minimum atomic E-state index is 0.407. The van der Waals surface area contributed by atoms with Crippen molar-refractivity contribution in [3.05, 3.63) is 45.2 Å². The van der Waals surface area contributed by atoms with E-state index in [0.717, 1.165) is 30.2 Å². The van der Waals surface area contributed by atoms with E-state index in [0.29, 0.717) is 16.0 Å². The quantitative estimate of drug-likeness (QED) is 0.876. The van der Waals surface area contributed by atoms with Crippen LogP contribution in [0.25, 0.3) is 5.69 Å². The highest BCUT2D eigenvalue weighted by molar-refractivity contribution is 6.35. The molecule has 1 unspecified atom stereocenters. The van der Waals surface area contributed by atoms with Crippen LogP contribution in [0.3, 0.4) is 0 Å². The molecule has 1 N–H and O–H groups in total. The van der Waals surface area contributed by atoms with Gasteiger partial charge >= 0.3 is 0 Å². The summed E-state index contributed by atoms with van der Waals surface area (Å²) < 4.78 is 1.91. The van der Waals surface area contributed by atoms with E-state index in [2.05, 4.69) is 31.2 Å². The van der Waals surface area contributed by atoms with Gasteiger partial charge in [-0.15, -0.1) is 0 Å². The lowest BCUT2D eigenvalue weighted by molar-refractivity contribution is 0.630. The van der Waals surface area contributed by atoms with Gasteiger partial charge in [0.25, 0.3) is 0 Å². The summed E-state index contributed by atoms with van der Waals surface area (Å²) in [5, 5.41) is 9.29. The van der Waals surface area contributed by atoms with E-state index in [4.69, 9.17) is 23.2 Å². The van der Waals surface area contributed by atoms with E-state index >= 15 is 0 Å². The minimum Gasteiger partial charge on any atom is -0.316 e. The number of nitrogens with zero attached hydrogens (tertiary/aromatic N) is 2. The van der Waals surface area contributed by atoms with Gasteiger partial charge in [0.1, 0.15) is 0 Å². The average molecular weight is 326 g/mol. The van der Waals surface area contributed by atoms with E-state index in [1.54, 1.807) is 6.07 Å². The van der Waals surface area contributed by atoms with Gasteiger partial charge in [-0.2, -0.15) is 5.10 Å². The molecule has 0 amide bonds. The number of halogens is 2. The Morgan fingerprint density at radius 3 is 2.62 bits per heavy atom. The van der Waals surface area contributed by atoms with Crippen LogP contribution in [0, 0.1) is 13.8 Å². The van der Waals surface area contributed by atoms with Crippen molar-refractivity contribution >= 4 is 23.2 Å². The molecule has 0 saturated heterocycles. The number of rotatable bonds is 5. The number of hydrogen-bond donors (Lipinski definition) is 1. The molecule has 0 bridgehead atoms. The van der Waals surface area contributed by atoms with Gasteiger partial charge in [0.05, 0.1) is 16.4 Å². The van der Waals surface area contributed by atoms with Crippen molar-refractivity contribution in [3.8, 4) is 5.69 Å². The topological polar surface area (TPSA) is 29.9 Å². The van der Waals surface area contributed by atoms with Crippen LogP contribution in [-0.2, 0) is 0 Å². The summed E-state index contributed by atoms with van der Waals surface area (Å²) in [4.78, 5) is 0. The molecule has 0 aliphatic heterocycles. The third-order valence-electron chi connectivity index (χ3n) is 3.68. The largest absolute Gasteiger partial charge is 0.316 e. The summed E-state index contributed by atoms with van der Waals surface area (Å²) in [5.41, 5.74) is 4.32. The lowest BCUT2D eigenvalue weighted by Crippen LogP contribution is -2.20. The Labute approximate surface area is 136 Å². The molecule has 0 spiro atoms. The van der Waals surface area contributed by atoms with Crippen LogP contribution < -0.4 is 5.32 Å². The molecule has 3 nitrogen and oxygen atoms in total. The third kappa shape index (κ3) is 3.42. The Balaban J connectivity index is 2.43. The van der Waals surface area contributed by atoms with E-state index in [-0.39, 0.29) is 0 Å². The van der Waals surface area contributed by atoms with Crippen molar-refractivity contribution in [2.45, 2.75) is 33.6 Å². The van der Waals surface area contributed by atoms with E-state index in [1.165, 1.54) is 5.56 Å². The molecular formula is C16H21Cl2N3. The van der Waals surface area contributed by atoms with Gasteiger partial charge in [-0.05, 0) is 44.5 Å². The first kappa shape index (κ1) is 16.3. The SMILES string of the molecule is CCNCC(C)c1c(C)nn(-c2ccc(Cl)cc2Cl)c1C. The monoisotopic (exact) mass is 325 g/mol. The van der Waals surface area contributed by atoms with Gasteiger partial charge in [-0.1, -0.05) is 37.0 Å². The Morgan fingerprint density at radius 2 is 2.00 bits per heavy atom. The van der Waals surface area contributed by atoms with Crippen LogP contribution in [0.15, 0.2) is 18.2 Å². The summed E-state index contributed by atoms with van der Waals surface area (Å²) in [6, 6.07) is 5.49. The summed E-state index contributed by atoms with van der Waals surface area (Å²) >= 11 is 12.3. The molecule has 1 atom stereocenters. The molecule has 0 aliphatic rings. The maximum atomic E-state index is 6.30. The van der Waals surface area contributed by atoms with Gasteiger partial charge in [0.15, 0.2) is 0 Å². The fourth-order valence-corrected chi connectivity index (χ4v) is 3.21. The lowest BCUT2D eigenvalue weighted by atomic mass is 9.99. The van der Waals surface area contributed by atoms with Gasteiger partial charge in [-0.25, -0.2) is 4.68 Å². The summed E-state index contributed by atoms with van der Waals surface area (Å²) in [6.45, 7) is 10.4. The zero-order chi connectivity index (χ0) is 15.6. The predicted molar refractivity (Wildman–Crippen MR) is 90.0 cm³/mol. The Morgan fingerprint density at radius 1 is 1.29 bits per heavy atom. The lowest BCUT2D eigenvalue weighted by Gasteiger charge is -2.13. The highest BCUT2D eigenvalue weighted by Crippen LogP contribution is 2.29. The smallest absolute Gasteiger partial charge is 0.0836 e. The fourth-order valence-electron chi connectivity index (χ4n) is 2.72. The van der Waals surface area contributed by atoms with E-state index < -0.39 is 0 Å². The fraction of sp³-hybridized carbons (Fsp3) is 0.438. The minimum absolute atomic E-state index is 0.407. The number of benzene rings is 1. The molecule has 2 rings (SSSR count). The molecule has 1 aromatic carbocycles. The number of aromatic nitrogens is 2. The maximum absolute atomic E-state index is 6.30.